The minimum Gasteiger partial charge on any atom is -0.344 e. The number of carbonyl (C=O) groups excluding carboxylic acids is 3. The number of Topliss-reactive ketones (excluding diaryl/α,β-unsaturated/α-hetero) is 2. The van der Waals surface area contributed by atoms with Crippen molar-refractivity contribution in [3.63, 3.8) is 0 Å². The number of benzene rings is 2. The van der Waals surface area contributed by atoms with E-state index >= 15 is 0 Å². The Morgan fingerprint density at radius 2 is 2.05 bits per heavy atom. The van der Waals surface area contributed by atoms with E-state index in [0.29, 0.717) is 26.6 Å². The molecule has 3 atom stereocenters. The lowest BCUT2D eigenvalue weighted by atomic mass is 9.82. The number of hydrogen-bond acceptors (Lipinski definition) is 7. The summed E-state index contributed by atoms with van der Waals surface area (Å²) in [6.45, 7) is 1.89. The van der Waals surface area contributed by atoms with Gasteiger partial charge in [-0.25, -0.2) is 4.98 Å². The third-order valence-electron chi connectivity index (χ3n) is 6.11. The van der Waals surface area contributed by atoms with Gasteiger partial charge in [-0.2, -0.15) is 0 Å². The van der Waals surface area contributed by atoms with Gasteiger partial charge in [0.25, 0.3) is 0 Å². The lowest BCUT2D eigenvalue weighted by Gasteiger charge is -2.21. The molecule has 0 saturated carbocycles. The zero-order valence-electron chi connectivity index (χ0n) is 19.3. The fourth-order valence-corrected chi connectivity index (χ4v) is 7.27. The fraction of sp³-hybridized carbons (Fsp3) is 0.240. The van der Waals surface area contributed by atoms with Crippen LogP contribution in [-0.2, 0) is 9.59 Å². The molecule has 1 aliphatic carbocycles. The van der Waals surface area contributed by atoms with Crippen LogP contribution >= 0.6 is 62.7 Å². The van der Waals surface area contributed by atoms with E-state index in [2.05, 4.69) is 36.4 Å². The predicted molar refractivity (Wildman–Crippen MR) is 151 cm³/mol. The third-order valence-corrected chi connectivity index (χ3v) is 9.35. The summed E-state index contributed by atoms with van der Waals surface area (Å²) in [7, 11) is 0. The number of H-pyrrole nitrogens is 1. The van der Waals surface area contributed by atoms with Crippen LogP contribution in [-0.4, -0.2) is 50.2 Å². The highest BCUT2D eigenvalue weighted by atomic mass is 79.9. The Kier molecular flexibility index (Phi) is 7.83. The Morgan fingerprint density at radius 3 is 2.84 bits per heavy atom. The summed E-state index contributed by atoms with van der Waals surface area (Å²) in [6, 6.07) is 10.0. The van der Waals surface area contributed by atoms with Gasteiger partial charge in [0, 0.05) is 20.1 Å². The van der Waals surface area contributed by atoms with Gasteiger partial charge < -0.3 is 5.32 Å². The van der Waals surface area contributed by atoms with Crippen molar-refractivity contribution in [3.05, 3.63) is 79.0 Å². The highest BCUT2D eigenvalue weighted by Gasteiger charge is 2.38. The first-order chi connectivity index (χ1) is 17.7. The van der Waals surface area contributed by atoms with Crippen LogP contribution in [0.3, 0.4) is 0 Å². The van der Waals surface area contributed by atoms with Gasteiger partial charge in [0.2, 0.25) is 11.1 Å². The zero-order chi connectivity index (χ0) is 26.3. The summed E-state index contributed by atoms with van der Waals surface area (Å²) in [5, 5.41) is 10.9. The lowest BCUT2D eigenvalue weighted by Crippen LogP contribution is -2.42. The normalized spacial score (nSPS) is 21.1. The van der Waals surface area contributed by atoms with E-state index in [-0.39, 0.29) is 34.2 Å². The van der Waals surface area contributed by atoms with Crippen LogP contribution in [0, 0.1) is 0 Å². The van der Waals surface area contributed by atoms with Gasteiger partial charge in [0.15, 0.2) is 11.6 Å². The number of thioether (sulfide) groups is 2. The molecule has 12 heteroatoms. The lowest BCUT2D eigenvalue weighted by molar-refractivity contribution is -0.124. The number of carbonyl (C=O) groups is 3. The van der Waals surface area contributed by atoms with Crippen molar-refractivity contribution >= 4 is 86.2 Å². The topological polar surface area (TPSA) is 105 Å². The number of fused-ring (bicyclic) bond motifs is 1. The Bertz CT molecular complexity index is 1460. The van der Waals surface area contributed by atoms with Crippen molar-refractivity contribution < 1.29 is 14.4 Å². The molecule has 1 aromatic heterocycles. The molecule has 7 nitrogen and oxygen atoms in total. The number of amides is 1. The van der Waals surface area contributed by atoms with Crippen LogP contribution in [0.4, 0.5) is 0 Å². The van der Waals surface area contributed by atoms with Crippen LogP contribution in [0.5, 0.6) is 0 Å². The van der Waals surface area contributed by atoms with Crippen LogP contribution in [0.2, 0.25) is 10.0 Å². The van der Waals surface area contributed by atoms with Crippen molar-refractivity contribution in [2.45, 2.75) is 29.3 Å². The molecular weight excluding hydrogens is 619 g/mol. The van der Waals surface area contributed by atoms with Crippen molar-refractivity contribution in [3.8, 4) is 0 Å². The molecule has 1 aliphatic heterocycles. The Balaban J connectivity index is 1.24. The molecule has 2 N–H and O–H groups in total. The minimum atomic E-state index is -0.688. The average molecular weight is 638 g/mol. The molecule has 3 aromatic rings. The summed E-state index contributed by atoms with van der Waals surface area (Å²) in [4.78, 5) is 42.9. The molecule has 2 aromatic carbocycles. The number of nitrogens with zero attached hydrogens (tertiary/aromatic N) is 2. The van der Waals surface area contributed by atoms with E-state index in [4.69, 9.17) is 23.2 Å². The van der Waals surface area contributed by atoms with Gasteiger partial charge in [-0.15, -0.1) is 16.9 Å². The second-order valence-corrected chi connectivity index (χ2v) is 12.4. The maximum Gasteiger partial charge on any atom is 0.231 e. The monoisotopic (exact) mass is 636 g/mol. The molecule has 1 fully saturated rings. The maximum atomic E-state index is 13.2. The molecule has 2 heterocycles. The van der Waals surface area contributed by atoms with Gasteiger partial charge in [-0.3, -0.25) is 19.5 Å². The SMILES string of the molecule is CC1=Cc2ccc(Br)cc2C(=O)C1c1nc(SCC(=O)NC2C(=O)CSC2c2ccc(Cl)cc2Cl)n[nH]1. The number of ketones is 2. The fourth-order valence-electron chi connectivity index (χ4n) is 4.38. The van der Waals surface area contributed by atoms with E-state index in [1.807, 2.05) is 25.1 Å². The first kappa shape index (κ1) is 26.5. The van der Waals surface area contributed by atoms with E-state index in [9.17, 15) is 14.4 Å². The number of hydrogen-bond donors (Lipinski definition) is 2. The molecule has 190 valence electrons. The van der Waals surface area contributed by atoms with E-state index in [1.54, 1.807) is 24.3 Å². The summed E-state index contributed by atoms with van der Waals surface area (Å²) in [5.74, 6) is -0.307. The smallest absolute Gasteiger partial charge is 0.231 e. The number of aromatic amines is 1. The van der Waals surface area contributed by atoms with Gasteiger partial charge in [0.05, 0.1) is 16.8 Å². The van der Waals surface area contributed by atoms with Crippen LogP contribution in [0.15, 0.2) is 51.6 Å². The van der Waals surface area contributed by atoms with E-state index in [1.165, 1.54) is 11.8 Å². The number of nitrogens with one attached hydrogen (secondary N) is 2. The summed E-state index contributed by atoms with van der Waals surface area (Å²) >= 11 is 18.3. The molecule has 2 aliphatic rings. The molecule has 3 unspecified atom stereocenters. The minimum absolute atomic E-state index is 0.00995. The van der Waals surface area contributed by atoms with Crippen LogP contribution in [0.1, 0.15) is 45.4 Å². The van der Waals surface area contributed by atoms with Gasteiger partial charge >= 0.3 is 0 Å². The molecule has 0 spiro atoms. The average Bonchev–Trinajstić information content (AvgIpc) is 3.45. The molecular formula is C25H19BrCl2N4O3S2. The molecule has 37 heavy (non-hydrogen) atoms. The zero-order valence-corrected chi connectivity index (χ0v) is 24.0. The number of halogens is 3. The summed E-state index contributed by atoms with van der Waals surface area (Å²) in [6.07, 6.45) is 1.97. The van der Waals surface area contributed by atoms with Crippen LogP contribution in [0.25, 0.3) is 6.08 Å². The van der Waals surface area contributed by atoms with Gasteiger partial charge in [-0.1, -0.05) is 74.7 Å². The predicted octanol–water partition coefficient (Wildman–Crippen LogP) is 5.89. The summed E-state index contributed by atoms with van der Waals surface area (Å²) in [5.41, 5.74) is 3.09. The highest BCUT2D eigenvalue weighted by Crippen LogP contribution is 2.42. The Morgan fingerprint density at radius 1 is 1.24 bits per heavy atom. The van der Waals surface area contributed by atoms with Gasteiger partial charge in [0.1, 0.15) is 17.8 Å². The summed E-state index contributed by atoms with van der Waals surface area (Å²) < 4.78 is 0.825. The number of rotatable bonds is 6. The quantitative estimate of drug-likeness (QED) is 0.325. The van der Waals surface area contributed by atoms with Crippen LogP contribution < -0.4 is 5.32 Å². The maximum absolute atomic E-state index is 13.2. The van der Waals surface area contributed by atoms with Gasteiger partial charge in [-0.05, 0) is 42.3 Å². The third kappa shape index (κ3) is 5.54. The second-order valence-electron chi connectivity index (χ2n) is 8.62. The number of aromatic nitrogens is 3. The van der Waals surface area contributed by atoms with Crippen molar-refractivity contribution in [2.75, 3.05) is 11.5 Å². The Hall–Kier alpha value is -2.11. The molecule has 5 rings (SSSR count). The largest absolute Gasteiger partial charge is 0.344 e. The van der Waals surface area contributed by atoms with Crippen molar-refractivity contribution in [1.29, 1.82) is 0 Å². The highest BCUT2D eigenvalue weighted by molar-refractivity contribution is 9.10. The second kappa shape index (κ2) is 10.9. The van der Waals surface area contributed by atoms with Crippen molar-refractivity contribution in [1.82, 2.24) is 20.5 Å². The standard InChI is InChI=1S/C25H19BrCl2N4O3S2/c1-11-6-12-2-3-13(26)7-16(12)22(35)20(11)24-30-25(32-31-24)37-10-19(34)29-21-18(33)9-36-23(21)15-5-4-14(27)8-17(15)28/h2-8,20-21,23H,9-10H2,1H3,(H,29,34)(H,30,31,32). The Labute approximate surface area is 239 Å². The van der Waals surface area contributed by atoms with E-state index < -0.39 is 12.0 Å². The molecule has 1 saturated heterocycles. The first-order valence-corrected chi connectivity index (χ1v) is 14.8. The first-order valence-electron chi connectivity index (χ1n) is 11.2. The van der Waals surface area contributed by atoms with E-state index in [0.717, 1.165) is 32.9 Å². The molecule has 1 amide bonds. The molecule has 0 bridgehead atoms. The van der Waals surface area contributed by atoms with Crippen molar-refractivity contribution in [2.24, 2.45) is 0 Å². The molecule has 0 radical (unpaired) electrons. The number of allylic oxidation sites excluding steroid dienone is 1.